The van der Waals surface area contributed by atoms with Gasteiger partial charge in [0, 0.05) is 11.6 Å². The van der Waals surface area contributed by atoms with E-state index in [0.29, 0.717) is 12.4 Å². The second-order valence-electron chi connectivity index (χ2n) is 4.94. The molecule has 0 fully saturated rings. The van der Waals surface area contributed by atoms with Gasteiger partial charge in [0.1, 0.15) is 18.2 Å². The molecule has 7 heteroatoms. The molecule has 0 radical (unpaired) electrons. The second kappa shape index (κ2) is 6.64. The van der Waals surface area contributed by atoms with Gasteiger partial charge in [-0.05, 0) is 59.3 Å². The Morgan fingerprint density at radius 2 is 2.00 bits per heavy atom. The first-order chi connectivity index (χ1) is 10.5. The molecule has 1 aliphatic heterocycles. The number of benzene rings is 1. The first-order valence-electron chi connectivity index (χ1n) is 6.70. The number of hydrogen-bond donors (Lipinski definition) is 1. The normalized spacial score (nSPS) is 13.8. The fourth-order valence-corrected chi connectivity index (χ4v) is 3.14. The predicted octanol–water partition coefficient (Wildman–Crippen LogP) is 3.84. The Kier molecular flexibility index (Phi) is 4.79. The summed E-state index contributed by atoms with van der Waals surface area (Å²) in [7, 11) is 0. The number of aromatic nitrogens is 1. The fourth-order valence-electron chi connectivity index (χ4n) is 2.30. The number of pyridine rings is 1. The molecule has 22 heavy (non-hydrogen) atoms. The van der Waals surface area contributed by atoms with Crippen molar-refractivity contribution in [3.05, 3.63) is 55.2 Å². The summed E-state index contributed by atoms with van der Waals surface area (Å²) in [6, 6.07) is 4.14. The SMILES string of the molecule is Fc1cc(Cl)cc(F)c1COc1nc2c(cc1I)CCNC2. The molecule has 0 saturated heterocycles. The van der Waals surface area contributed by atoms with E-state index < -0.39 is 11.6 Å². The molecule has 2 heterocycles. The first kappa shape index (κ1) is 15.9. The van der Waals surface area contributed by atoms with Crippen LogP contribution in [-0.2, 0) is 19.6 Å². The minimum absolute atomic E-state index is 0.0197. The summed E-state index contributed by atoms with van der Waals surface area (Å²) in [6.07, 6.45) is 0.916. The van der Waals surface area contributed by atoms with Crippen LogP contribution in [0.2, 0.25) is 5.02 Å². The number of halogens is 4. The van der Waals surface area contributed by atoms with Crippen molar-refractivity contribution in [3.63, 3.8) is 0 Å². The van der Waals surface area contributed by atoms with Crippen LogP contribution in [0.5, 0.6) is 5.88 Å². The standard InChI is InChI=1S/C15H12ClF2IN2O/c16-9-4-11(17)10(12(18)5-9)7-22-15-13(19)3-8-1-2-20-6-14(8)21-15/h3-5,20H,1-2,6-7H2. The minimum Gasteiger partial charge on any atom is -0.472 e. The lowest BCUT2D eigenvalue weighted by Crippen LogP contribution is -2.25. The van der Waals surface area contributed by atoms with Crippen LogP contribution in [0, 0.1) is 15.2 Å². The van der Waals surface area contributed by atoms with E-state index in [4.69, 9.17) is 16.3 Å². The van der Waals surface area contributed by atoms with Gasteiger partial charge in [0.2, 0.25) is 5.88 Å². The van der Waals surface area contributed by atoms with Crippen molar-refractivity contribution < 1.29 is 13.5 Å². The number of ether oxygens (including phenoxy) is 1. The first-order valence-corrected chi connectivity index (χ1v) is 8.15. The number of nitrogens with zero attached hydrogens (tertiary/aromatic N) is 1. The minimum atomic E-state index is -0.723. The molecule has 0 saturated carbocycles. The van der Waals surface area contributed by atoms with Crippen molar-refractivity contribution >= 4 is 34.2 Å². The summed E-state index contributed by atoms with van der Waals surface area (Å²) < 4.78 is 33.9. The molecule has 0 aliphatic carbocycles. The van der Waals surface area contributed by atoms with E-state index in [1.165, 1.54) is 5.56 Å². The molecule has 1 aliphatic rings. The monoisotopic (exact) mass is 436 g/mol. The van der Waals surface area contributed by atoms with Gasteiger partial charge in [-0.25, -0.2) is 13.8 Å². The maximum Gasteiger partial charge on any atom is 0.227 e. The Hall–Kier alpha value is -0.990. The summed E-state index contributed by atoms with van der Waals surface area (Å²) in [5, 5.41) is 3.25. The van der Waals surface area contributed by atoms with Gasteiger partial charge in [0.05, 0.1) is 14.8 Å². The molecule has 2 aromatic rings. The fraction of sp³-hybridized carbons (Fsp3) is 0.267. The Balaban J connectivity index is 1.82. The average molecular weight is 437 g/mol. The number of rotatable bonds is 3. The molecular weight excluding hydrogens is 425 g/mol. The second-order valence-corrected chi connectivity index (χ2v) is 6.54. The molecule has 0 atom stereocenters. The summed E-state index contributed by atoms with van der Waals surface area (Å²) >= 11 is 7.72. The van der Waals surface area contributed by atoms with Crippen LogP contribution in [0.15, 0.2) is 18.2 Å². The van der Waals surface area contributed by atoms with Crippen LogP contribution in [0.25, 0.3) is 0 Å². The molecule has 116 valence electrons. The highest BCUT2D eigenvalue weighted by Gasteiger charge is 2.16. The van der Waals surface area contributed by atoms with Crippen LogP contribution < -0.4 is 10.1 Å². The maximum atomic E-state index is 13.8. The van der Waals surface area contributed by atoms with Crippen LogP contribution in [0.3, 0.4) is 0 Å². The van der Waals surface area contributed by atoms with Crippen molar-refractivity contribution in [3.8, 4) is 5.88 Å². The van der Waals surface area contributed by atoms with E-state index in [-0.39, 0.29) is 17.2 Å². The molecule has 0 bridgehead atoms. The number of fused-ring (bicyclic) bond motifs is 1. The van der Waals surface area contributed by atoms with Crippen molar-refractivity contribution in [2.45, 2.75) is 19.6 Å². The van der Waals surface area contributed by atoms with Crippen LogP contribution in [0.4, 0.5) is 8.78 Å². The lowest BCUT2D eigenvalue weighted by Gasteiger charge is -2.18. The quantitative estimate of drug-likeness (QED) is 0.743. The molecule has 1 N–H and O–H groups in total. The van der Waals surface area contributed by atoms with E-state index >= 15 is 0 Å². The van der Waals surface area contributed by atoms with E-state index in [2.05, 4.69) is 32.9 Å². The Bertz CT molecular complexity index is 704. The molecule has 0 amide bonds. The van der Waals surface area contributed by atoms with Crippen molar-refractivity contribution in [2.24, 2.45) is 0 Å². The van der Waals surface area contributed by atoms with E-state index in [0.717, 1.165) is 34.4 Å². The molecule has 3 nitrogen and oxygen atoms in total. The van der Waals surface area contributed by atoms with Gasteiger partial charge in [-0.3, -0.25) is 0 Å². The highest BCUT2D eigenvalue weighted by Crippen LogP contribution is 2.26. The lowest BCUT2D eigenvalue weighted by molar-refractivity contribution is 0.277. The molecular formula is C15H12ClF2IN2O. The summed E-state index contributed by atoms with van der Waals surface area (Å²) in [5.41, 5.74) is 1.94. The van der Waals surface area contributed by atoms with Gasteiger partial charge in [0.25, 0.3) is 0 Å². The van der Waals surface area contributed by atoms with Gasteiger partial charge in [0.15, 0.2) is 0 Å². The van der Waals surface area contributed by atoms with Crippen LogP contribution in [-0.4, -0.2) is 11.5 Å². The summed E-state index contributed by atoms with van der Waals surface area (Å²) in [6.45, 7) is 1.36. The van der Waals surface area contributed by atoms with E-state index in [1.54, 1.807) is 0 Å². The number of hydrogen-bond acceptors (Lipinski definition) is 3. The lowest BCUT2D eigenvalue weighted by atomic mass is 10.1. The van der Waals surface area contributed by atoms with Gasteiger partial charge in [-0.15, -0.1) is 0 Å². The Labute approximate surface area is 145 Å². The Morgan fingerprint density at radius 3 is 2.73 bits per heavy atom. The third-order valence-corrected chi connectivity index (χ3v) is 4.43. The molecule has 3 rings (SSSR count). The zero-order valence-corrected chi connectivity index (χ0v) is 14.3. The van der Waals surface area contributed by atoms with E-state index in [9.17, 15) is 8.78 Å². The van der Waals surface area contributed by atoms with Crippen molar-refractivity contribution in [1.82, 2.24) is 10.3 Å². The highest BCUT2D eigenvalue weighted by atomic mass is 127. The highest BCUT2D eigenvalue weighted by molar-refractivity contribution is 14.1. The van der Waals surface area contributed by atoms with Crippen LogP contribution in [0.1, 0.15) is 16.8 Å². The van der Waals surface area contributed by atoms with Gasteiger partial charge in [-0.2, -0.15) is 0 Å². The molecule has 1 aromatic heterocycles. The average Bonchev–Trinajstić information content (AvgIpc) is 2.46. The Morgan fingerprint density at radius 1 is 1.27 bits per heavy atom. The maximum absolute atomic E-state index is 13.8. The zero-order valence-electron chi connectivity index (χ0n) is 11.4. The zero-order chi connectivity index (χ0) is 15.7. The summed E-state index contributed by atoms with van der Waals surface area (Å²) in [4.78, 5) is 4.44. The largest absolute Gasteiger partial charge is 0.472 e. The topological polar surface area (TPSA) is 34.1 Å². The smallest absolute Gasteiger partial charge is 0.227 e. The van der Waals surface area contributed by atoms with Crippen molar-refractivity contribution in [2.75, 3.05) is 6.54 Å². The summed E-state index contributed by atoms with van der Waals surface area (Å²) in [5.74, 6) is -1.06. The molecule has 0 unspecified atom stereocenters. The van der Waals surface area contributed by atoms with E-state index in [1.807, 2.05) is 6.07 Å². The molecule has 0 spiro atoms. The van der Waals surface area contributed by atoms with Crippen molar-refractivity contribution in [1.29, 1.82) is 0 Å². The van der Waals surface area contributed by atoms with Gasteiger partial charge >= 0.3 is 0 Å². The van der Waals surface area contributed by atoms with Gasteiger partial charge < -0.3 is 10.1 Å². The van der Waals surface area contributed by atoms with Crippen LogP contribution >= 0.6 is 34.2 Å². The number of nitrogens with one attached hydrogen (secondary N) is 1. The predicted molar refractivity (Wildman–Crippen MR) is 88.1 cm³/mol. The third kappa shape index (κ3) is 3.33. The molecule has 1 aromatic carbocycles. The van der Waals surface area contributed by atoms with Gasteiger partial charge in [-0.1, -0.05) is 11.6 Å². The third-order valence-electron chi connectivity index (χ3n) is 3.44.